The molecular formula is C23H21Cl2N3O3. The van der Waals surface area contributed by atoms with Crippen LogP contribution in [0.5, 0.6) is 11.5 Å². The molecule has 0 saturated carbocycles. The summed E-state index contributed by atoms with van der Waals surface area (Å²) in [6.07, 6.45) is 1.53. The number of hydrogen-bond donors (Lipinski definition) is 2. The van der Waals surface area contributed by atoms with Gasteiger partial charge in [0, 0.05) is 11.3 Å². The first-order valence-corrected chi connectivity index (χ1v) is 10.2. The Kier molecular flexibility index (Phi) is 7.76. The van der Waals surface area contributed by atoms with Gasteiger partial charge in [-0.1, -0.05) is 29.3 Å². The topological polar surface area (TPSA) is 85.9 Å². The standard InChI is InChI=1S/C23H21Cl2N3O3/c1-2-30-22-12-15(13-27-28-23(29)17-5-7-18(26)8-6-17)4-10-21(22)31-14-16-3-9-19(24)20(25)11-16/h3-13H,2,14,26H2,1H3,(H,28,29)/b27-13-. The molecule has 0 radical (unpaired) electrons. The van der Waals surface area contributed by atoms with E-state index in [2.05, 4.69) is 10.5 Å². The maximum absolute atomic E-state index is 12.1. The molecule has 8 heteroatoms. The van der Waals surface area contributed by atoms with Crippen LogP contribution in [0.1, 0.15) is 28.4 Å². The minimum absolute atomic E-state index is 0.308. The van der Waals surface area contributed by atoms with Gasteiger partial charge in [-0.2, -0.15) is 5.10 Å². The molecule has 3 aromatic rings. The molecule has 0 aliphatic carbocycles. The van der Waals surface area contributed by atoms with Gasteiger partial charge in [-0.3, -0.25) is 4.79 Å². The lowest BCUT2D eigenvalue weighted by Gasteiger charge is -2.13. The van der Waals surface area contributed by atoms with Crippen LogP contribution >= 0.6 is 23.2 Å². The van der Waals surface area contributed by atoms with Crippen LogP contribution in [0.4, 0.5) is 5.69 Å². The molecule has 0 spiro atoms. The Labute approximate surface area is 190 Å². The number of halogens is 2. The molecule has 0 fully saturated rings. The Balaban J connectivity index is 1.66. The zero-order valence-corrected chi connectivity index (χ0v) is 18.3. The lowest BCUT2D eigenvalue weighted by Crippen LogP contribution is -2.17. The van der Waals surface area contributed by atoms with E-state index in [1.165, 1.54) is 6.21 Å². The number of carbonyl (C=O) groups is 1. The molecule has 31 heavy (non-hydrogen) atoms. The third-order valence-electron chi connectivity index (χ3n) is 4.20. The number of nitrogens with zero attached hydrogens (tertiary/aromatic N) is 1. The van der Waals surface area contributed by atoms with Crippen molar-refractivity contribution in [3.8, 4) is 11.5 Å². The monoisotopic (exact) mass is 457 g/mol. The van der Waals surface area contributed by atoms with Crippen molar-refractivity contribution in [3.63, 3.8) is 0 Å². The largest absolute Gasteiger partial charge is 0.490 e. The van der Waals surface area contributed by atoms with E-state index in [1.54, 1.807) is 48.5 Å². The Hall–Kier alpha value is -3.22. The minimum Gasteiger partial charge on any atom is -0.490 e. The van der Waals surface area contributed by atoms with Gasteiger partial charge in [-0.25, -0.2) is 5.43 Å². The molecule has 0 saturated heterocycles. The predicted molar refractivity (Wildman–Crippen MR) is 124 cm³/mol. The highest BCUT2D eigenvalue weighted by Crippen LogP contribution is 2.30. The molecule has 160 valence electrons. The summed E-state index contributed by atoms with van der Waals surface area (Å²) in [5.41, 5.74) is 10.8. The molecule has 0 atom stereocenters. The highest BCUT2D eigenvalue weighted by atomic mass is 35.5. The number of nitrogens with two attached hydrogens (primary N) is 1. The van der Waals surface area contributed by atoms with Gasteiger partial charge >= 0.3 is 0 Å². The van der Waals surface area contributed by atoms with Crippen LogP contribution in [-0.2, 0) is 6.61 Å². The second-order valence-corrected chi connectivity index (χ2v) is 7.31. The minimum atomic E-state index is -0.331. The van der Waals surface area contributed by atoms with Gasteiger partial charge in [0.2, 0.25) is 0 Å². The maximum Gasteiger partial charge on any atom is 0.271 e. The second kappa shape index (κ2) is 10.7. The summed E-state index contributed by atoms with van der Waals surface area (Å²) in [5.74, 6) is 0.815. The molecule has 3 N–H and O–H groups in total. The number of benzene rings is 3. The SMILES string of the molecule is CCOc1cc(/C=N\NC(=O)c2ccc(N)cc2)ccc1OCc1ccc(Cl)c(Cl)c1. The smallest absolute Gasteiger partial charge is 0.271 e. The first-order valence-electron chi connectivity index (χ1n) is 9.48. The lowest BCUT2D eigenvalue weighted by molar-refractivity contribution is 0.0955. The molecule has 0 heterocycles. The van der Waals surface area contributed by atoms with E-state index in [4.69, 9.17) is 38.4 Å². The third-order valence-corrected chi connectivity index (χ3v) is 4.94. The van der Waals surface area contributed by atoms with Crippen molar-refractivity contribution in [3.05, 3.63) is 87.4 Å². The molecule has 0 aromatic heterocycles. The number of nitrogen functional groups attached to an aromatic ring is 1. The molecule has 3 aromatic carbocycles. The third kappa shape index (κ3) is 6.38. The van der Waals surface area contributed by atoms with Crippen molar-refractivity contribution in [2.45, 2.75) is 13.5 Å². The zero-order chi connectivity index (χ0) is 22.2. The van der Waals surface area contributed by atoms with Crippen molar-refractivity contribution in [2.24, 2.45) is 5.10 Å². The number of rotatable bonds is 8. The first-order chi connectivity index (χ1) is 15.0. The summed E-state index contributed by atoms with van der Waals surface area (Å²) in [4.78, 5) is 12.1. The first kappa shape index (κ1) is 22.5. The molecule has 6 nitrogen and oxygen atoms in total. The fraction of sp³-hybridized carbons (Fsp3) is 0.130. The van der Waals surface area contributed by atoms with E-state index < -0.39 is 0 Å². The van der Waals surface area contributed by atoms with E-state index in [1.807, 2.05) is 19.1 Å². The summed E-state index contributed by atoms with van der Waals surface area (Å²) in [6, 6.07) is 17.3. The van der Waals surface area contributed by atoms with Gasteiger partial charge in [0.15, 0.2) is 11.5 Å². The highest BCUT2D eigenvalue weighted by molar-refractivity contribution is 6.42. The fourth-order valence-electron chi connectivity index (χ4n) is 2.65. The number of amides is 1. The Morgan fingerprint density at radius 1 is 1.00 bits per heavy atom. The quantitative estimate of drug-likeness (QED) is 0.272. The normalized spacial score (nSPS) is 10.8. The van der Waals surface area contributed by atoms with Crippen LogP contribution < -0.4 is 20.6 Å². The maximum atomic E-state index is 12.1. The van der Waals surface area contributed by atoms with Crippen LogP contribution in [0, 0.1) is 0 Å². The summed E-state index contributed by atoms with van der Waals surface area (Å²) >= 11 is 12.0. The van der Waals surface area contributed by atoms with E-state index in [0.717, 1.165) is 11.1 Å². The summed E-state index contributed by atoms with van der Waals surface area (Å²) in [6.45, 7) is 2.66. The summed E-state index contributed by atoms with van der Waals surface area (Å²) < 4.78 is 11.6. The molecule has 3 rings (SSSR count). The highest BCUT2D eigenvalue weighted by Gasteiger charge is 2.08. The summed E-state index contributed by atoms with van der Waals surface area (Å²) in [5, 5.41) is 4.97. The van der Waals surface area contributed by atoms with Crippen LogP contribution in [0.15, 0.2) is 65.8 Å². The van der Waals surface area contributed by atoms with Gasteiger partial charge in [-0.15, -0.1) is 0 Å². The summed E-state index contributed by atoms with van der Waals surface area (Å²) in [7, 11) is 0. The van der Waals surface area contributed by atoms with Gasteiger partial charge in [0.05, 0.1) is 22.9 Å². The van der Waals surface area contributed by atoms with Gasteiger partial charge in [0.25, 0.3) is 5.91 Å². The van der Waals surface area contributed by atoms with Crippen LogP contribution in [0.25, 0.3) is 0 Å². The predicted octanol–water partition coefficient (Wildman–Crippen LogP) is 5.32. The molecule has 0 aliphatic heterocycles. The van der Waals surface area contributed by atoms with Crippen molar-refractivity contribution in [2.75, 3.05) is 12.3 Å². The molecule has 0 aliphatic rings. The Bertz CT molecular complexity index is 1090. The van der Waals surface area contributed by atoms with E-state index >= 15 is 0 Å². The zero-order valence-electron chi connectivity index (χ0n) is 16.8. The Morgan fingerprint density at radius 2 is 1.77 bits per heavy atom. The molecular weight excluding hydrogens is 437 g/mol. The van der Waals surface area contributed by atoms with Crippen LogP contribution in [-0.4, -0.2) is 18.7 Å². The Morgan fingerprint density at radius 3 is 2.48 bits per heavy atom. The van der Waals surface area contributed by atoms with E-state index in [9.17, 15) is 4.79 Å². The number of nitrogens with one attached hydrogen (secondary N) is 1. The van der Waals surface area contributed by atoms with Crippen molar-refractivity contribution in [1.82, 2.24) is 5.43 Å². The number of carbonyl (C=O) groups excluding carboxylic acids is 1. The molecule has 1 amide bonds. The average molecular weight is 458 g/mol. The average Bonchev–Trinajstić information content (AvgIpc) is 2.76. The van der Waals surface area contributed by atoms with Gasteiger partial charge < -0.3 is 15.2 Å². The number of hydrazone groups is 1. The molecule has 0 bridgehead atoms. The molecule has 0 unspecified atom stereocenters. The number of anilines is 1. The second-order valence-electron chi connectivity index (χ2n) is 6.50. The van der Waals surface area contributed by atoms with Crippen molar-refractivity contribution >= 4 is 41.0 Å². The fourth-order valence-corrected chi connectivity index (χ4v) is 2.97. The van der Waals surface area contributed by atoms with E-state index in [-0.39, 0.29) is 5.91 Å². The van der Waals surface area contributed by atoms with Crippen LogP contribution in [0.2, 0.25) is 10.0 Å². The van der Waals surface area contributed by atoms with Gasteiger partial charge in [0.1, 0.15) is 6.61 Å². The van der Waals surface area contributed by atoms with E-state index in [0.29, 0.717) is 46.0 Å². The number of ether oxygens (including phenoxy) is 2. The van der Waals surface area contributed by atoms with Crippen LogP contribution in [0.3, 0.4) is 0 Å². The number of hydrogen-bond acceptors (Lipinski definition) is 5. The van der Waals surface area contributed by atoms with Gasteiger partial charge in [-0.05, 0) is 72.6 Å². The lowest BCUT2D eigenvalue weighted by atomic mass is 10.2. The van der Waals surface area contributed by atoms with Crippen molar-refractivity contribution in [1.29, 1.82) is 0 Å². The van der Waals surface area contributed by atoms with Crippen molar-refractivity contribution < 1.29 is 14.3 Å².